The quantitative estimate of drug-likeness (QED) is 0.429. The van der Waals surface area contributed by atoms with Crippen molar-refractivity contribution in [2.45, 2.75) is 45.6 Å². The number of amides is 1. The maximum absolute atomic E-state index is 13.1. The van der Waals surface area contributed by atoms with E-state index in [1.807, 2.05) is 36.4 Å². The van der Waals surface area contributed by atoms with Crippen molar-refractivity contribution in [1.29, 1.82) is 0 Å². The third-order valence-corrected chi connectivity index (χ3v) is 7.42. The van der Waals surface area contributed by atoms with Crippen molar-refractivity contribution in [3.05, 3.63) is 64.1 Å². The van der Waals surface area contributed by atoms with E-state index in [1.54, 1.807) is 4.90 Å². The number of benzene rings is 2. The van der Waals surface area contributed by atoms with Crippen LogP contribution < -0.4 is 9.80 Å². The highest BCUT2D eigenvalue weighted by molar-refractivity contribution is 8.27. The molecular weight excluding hydrogens is 396 g/mol. The maximum atomic E-state index is 13.1. The van der Waals surface area contributed by atoms with Crippen molar-refractivity contribution in [3.8, 4) is 0 Å². The molecule has 0 radical (unpaired) electrons. The van der Waals surface area contributed by atoms with E-state index >= 15 is 0 Å². The summed E-state index contributed by atoms with van der Waals surface area (Å²) in [5, 5.41) is 0. The van der Waals surface area contributed by atoms with Crippen LogP contribution in [0.4, 0.5) is 11.4 Å². The molecule has 1 atom stereocenters. The topological polar surface area (TPSA) is 23.6 Å². The molecule has 0 aromatic heterocycles. The van der Waals surface area contributed by atoms with Gasteiger partial charge in [-0.25, -0.2) is 0 Å². The average Bonchev–Trinajstić information content (AvgIpc) is 2.95. The van der Waals surface area contributed by atoms with Crippen molar-refractivity contribution in [2.75, 3.05) is 16.8 Å². The molecule has 0 spiro atoms. The van der Waals surface area contributed by atoms with Gasteiger partial charge in [-0.3, -0.25) is 9.69 Å². The van der Waals surface area contributed by atoms with Crippen molar-refractivity contribution in [3.63, 3.8) is 0 Å². The second-order valence-electron chi connectivity index (χ2n) is 8.60. The molecule has 29 heavy (non-hydrogen) atoms. The van der Waals surface area contributed by atoms with Crippen LogP contribution in [0.15, 0.2) is 47.4 Å². The van der Waals surface area contributed by atoms with Crippen LogP contribution in [0.25, 0.3) is 6.08 Å². The number of aryl methyl sites for hydroxylation is 1. The second kappa shape index (κ2) is 7.29. The predicted molar refractivity (Wildman–Crippen MR) is 129 cm³/mol. The molecule has 1 saturated heterocycles. The Morgan fingerprint density at radius 3 is 2.59 bits per heavy atom. The van der Waals surface area contributed by atoms with Crippen LogP contribution >= 0.6 is 24.0 Å². The van der Waals surface area contributed by atoms with Gasteiger partial charge in [0, 0.05) is 18.3 Å². The second-order valence-corrected chi connectivity index (χ2v) is 10.3. The minimum atomic E-state index is -0.0466. The molecule has 0 saturated carbocycles. The van der Waals surface area contributed by atoms with Crippen molar-refractivity contribution in [2.24, 2.45) is 0 Å². The summed E-state index contributed by atoms with van der Waals surface area (Å²) in [5.74, 6) is 0.428. The summed E-state index contributed by atoms with van der Waals surface area (Å²) < 4.78 is 0.581. The number of hydrogen-bond donors (Lipinski definition) is 0. The van der Waals surface area contributed by atoms with Crippen LogP contribution in [0.3, 0.4) is 0 Å². The average molecular weight is 423 g/mol. The van der Waals surface area contributed by atoms with E-state index in [0.717, 1.165) is 17.7 Å². The van der Waals surface area contributed by atoms with Crippen LogP contribution in [-0.2, 0) is 4.79 Å². The van der Waals surface area contributed by atoms with E-state index in [4.69, 9.17) is 12.2 Å². The summed E-state index contributed by atoms with van der Waals surface area (Å²) in [7, 11) is 2.18. The molecule has 1 amide bonds. The number of para-hydroxylation sites is 1. The molecule has 2 aromatic carbocycles. The van der Waals surface area contributed by atoms with Gasteiger partial charge in [-0.1, -0.05) is 49.1 Å². The maximum Gasteiger partial charge on any atom is 0.270 e. The van der Waals surface area contributed by atoms with E-state index in [-0.39, 0.29) is 11.4 Å². The number of carbonyl (C=O) groups excluding carboxylic acids is 1. The highest BCUT2D eigenvalue weighted by atomic mass is 32.2. The standard InChI is InChI=1S/C24H26N2OS2/c1-15-11-20-19(16(2)14-24(3,4)25(20)5)12-17(15)13-21-22(27)26(23(28)29-21)18-9-7-6-8-10-18/h6-13,16H,14H2,1-5H3/b21-13-/t16-/m0/s1. The summed E-state index contributed by atoms with van der Waals surface area (Å²) in [6.07, 6.45) is 3.11. The molecule has 2 heterocycles. The smallest absolute Gasteiger partial charge is 0.270 e. The van der Waals surface area contributed by atoms with Gasteiger partial charge in [-0.2, -0.15) is 0 Å². The summed E-state index contributed by atoms with van der Waals surface area (Å²) >= 11 is 6.88. The van der Waals surface area contributed by atoms with E-state index < -0.39 is 0 Å². The molecule has 150 valence electrons. The fourth-order valence-corrected chi connectivity index (χ4v) is 5.59. The predicted octanol–water partition coefficient (Wildman–Crippen LogP) is 6.12. The van der Waals surface area contributed by atoms with Crippen LogP contribution in [0.1, 0.15) is 49.8 Å². The first-order chi connectivity index (χ1) is 13.7. The molecule has 2 aliphatic rings. The number of thioether (sulfide) groups is 1. The molecule has 0 N–H and O–H groups in total. The zero-order valence-electron chi connectivity index (χ0n) is 17.5. The Kier molecular flexibility index (Phi) is 5.07. The van der Waals surface area contributed by atoms with Gasteiger partial charge in [0.1, 0.15) is 0 Å². The van der Waals surface area contributed by atoms with Gasteiger partial charge in [0.15, 0.2) is 4.32 Å². The Morgan fingerprint density at radius 1 is 1.21 bits per heavy atom. The highest BCUT2D eigenvalue weighted by Gasteiger charge is 2.35. The number of rotatable bonds is 2. The fraction of sp³-hybridized carbons (Fsp3) is 0.333. The first-order valence-corrected chi connectivity index (χ1v) is 11.1. The lowest BCUT2D eigenvalue weighted by atomic mass is 9.79. The van der Waals surface area contributed by atoms with E-state index in [1.165, 1.54) is 28.6 Å². The van der Waals surface area contributed by atoms with Gasteiger partial charge in [-0.05, 0) is 80.1 Å². The Balaban J connectivity index is 1.72. The lowest BCUT2D eigenvalue weighted by Gasteiger charge is -2.45. The first-order valence-electron chi connectivity index (χ1n) is 9.90. The summed E-state index contributed by atoms with van der Waals surface area (Å²) in [6.45, 7) is 9.00. The Bertz CT molecular complexity index is 1030. The monoisotopic (exact) mass is 422 g/mol. The van der Waals surface area contributed by atoms with Gasteiger partial charge < -0.3 is 4.90 Å². The third kappa shape index (κ3) is 3.51. The van der Waals surface area contributed by atoms with E-state index in [2.05, 4.69) is 51.8 Å². The van der Waals surface area contributed by atoms with Gasteiger partial charge >= 0.3 is 0 Å². The summed E-state index contributed by atoms with van der Waals surface area (Å²) in [6, 6.07) is 14.1. The number of anilines is 2. The summed E-state index contributed by atoms with van der Waals surface area (Å²) in [4.78, 5) is 17.7. The molecule has 4 rings (SSSR count). The lowest BCUT2D eigenvalue weighted by Crippen LogP contribution is -2.45. The molecular formula is C24H26N2OS2. The molecule has 2 aliphatic heterocycles. The number of fused-ring (bicyclic) bond motifs is 1. The molecule has 1 fully saturated rings. The van der Waals surface area contributed by atoms with Crippen LogP contribution in [0, 0.1) is 6.92 Å². The fourth-order valence-electron chi connectivity index (χ4n) is 4.30. The summed E-state index contributed by atoms with van der Waals surface area (Å²) in [5.41, 5.74) is 5.86. The molecule has 0 unspecified atom stereocenters. The SMILES string of the molecule is Cc1cc2c(cc1/C=C1\SC(=S)N(c3ccccc3)C1=O)[C@@H](C)CC(C)(C)N2C. The molecule has 0 aliphatic carbocycles. The van der Waals surface area contributed by atoms with Crippen LogP contribution in [0.5, 0.6) is 0 Å². The van der Waals surface area contributed by atoms with Gasteiger partial charge in [0.05, 0.1) is 10.6 Å². The zero-order chi connectivity index (χ0) is 20.9. The Hall–Kier alpha value is -2.11. The van der Waals surface area contributed by atoms with Crippen molar-refractivity contribution in [1.82, 2.24) is 0 Å². The Morgan fingerprint density at radius 2 is 1.90 bits per heavy atom. The van der Waals surface area contributed by atoms with Crippen LogP contribution in [0.2, 0.25) is 0 Å². The van der Waals surface area contributed by atoms with Gasteiger partial charge in [0.2, 0.25) is 0 Å². The normalized spacial score (nSPS) is 22.4. The van der Waals surface area contributed by atoms with Crippen molar-refractivity contribution >= 4 is 51.7 Å². The zero-order valence-corrected chi connectivity index (χ0v) is 19.2. The van der Waals surface area contributed by atoms with E-state index in [0.29, 0.717) is 15.1 Å². The highest BCUT2D eigenvalue weighted by Crippen LogP contribution is 2.44. The minimum absolute atomic E-state index is 0.0466. The molecule has 2 aromatic rings. The lowest BCUT2D eigenvalue weighted by molar-refractivity contribution is -0.113. The number of carbonyl (C=O) groups is 1. The van der Waals surface area contributed by atoms with Gasteiger partial charge in [-0.15, -0.1) is 0 Å². The Labute approximate surface area is 182 Å². The minimum Gasteiger partial charge on any atom is -0.369 e. The third-order valence-electron chi connectivity index (χ3n) is 6.12. The molecule has 5 heteroatoms. The molecule has 3 nitrogen and oxygen atoms in total. The number of hydrogen-bond acceptors (Lipinski definition) is 4. The van der Waals surface area contributed by atoms with E-state index in [9.17, 15) is 4.79 Å². The van der Waals surface area contributed by atoms with Gasteiger partial charge in [0.25, 0.3) is 5.91 Å². The molecule has 0 bridgehead atoms. The largest absolute Gasteiger partial charge is 0.369 e. The van der Waals surface area contributed by atoms with Crippen LogP contribution in [-0.4, -0.2) is 22.8 Å². The first kappa shape index (κ1) is 20.2. The van der Waals surface area contributed by atoms with Crippen molar-refractivity contribution < 1.29 is 4.79 Å². The number of nitrogens with zero attached hydrogens (tertiary/aromatic N) is 2. The number of thiocarbonyl (C=S) groups is 1.